The van der Waals surface area contributed by atoms with Gasteiger partial charge in [-0.1, -0.05) is 155 Å². The second-order valence-electron chi connectivity index (χ2n) is 19.4. The van der Waals surface area contributed by atoms with Gasteiger partial charge >= 0.3 is 0 Å². The lowest BCUT2D eigenvalue weighted by Gasteiger charge is -2.48. The zero-order valence-electron chi connectivity index (χ0n) is 41.1. The first-order valence-corrected chi connectivity index (χ1v) is 26.3. The van der Waals surface area contributed by atoms with Crippen molar-refractivity contribution in [2.75, 3.05) is 26.4 Å². The van der Waals surface area contributed by atoms with Crippen molar-refractivity contribution in [3.05, 3.63) is 0 Å². The molecule has 3 heterocycles. The van der Waals surface area contributed by atoms with E-state index < -0.39 is 124 Å². The number of carbonyl (C=O) groups is 1. The van der Waals surface area contributed by atoms with Gasteiger partial charge in [0.1, 0.15) is 73.2 Å². The molecule has 0 spiro atoms. The van der Waals surface area contributed by atoms with E-state index in [1.54, 1.807) is 0 Å². The van der Waals surface area contributed by atoms with E-state index in [1.807, 2.05) is 6.92 Å². The molecule has 1 amide bonds. The third-order valence-electron chi connectivity index (χ3n) is 13.7. The van der Waals surface area contributed by atoms with Gasteiger partial charge in [0.05, 0.1) is 38.6 Å². The van der Waals surface area contributed by atoms with Gasteiger partial charge in [-0.05, 0) is 12.8 Å². The fourth-order valence-electron chi connectivity index (χ4n) is 9.23. The first-order valence-electron chi connectivity index (χ1n) is 26.3. The fourth-order valence-corrected chi connectivity index (χ4v) is 9.23. The summed E-state index contributed by atoms with van der Waals surface area (Å²) in [4.78, 5) is 12.8. The summed E-state index contributed by atoms with van der Waals surface area (Å²) in [7, 11) is 0. The maximum atomic E-state index is 12.8. The predicted molar refractivity (Wildman–Crippen MR) is 250 cm³/mol. The third kappa shape index (κ3) is 20.7. The zero-order chi connectivity index (χ0) is 49.8. The Balaban J connectivity index is 1.40. The van der Waals surface area contributed by atoms with Crippen LogP contribution in [0.3, 0.4) is 0 Å². The SMILES string of the molecule is CCCCCCCCCCCCCCCCCCCCCCCC(O)C(COC1OC(CO)C(OC2OC(CO)C(OC3OC(CO)C(O)C(O)C3O)C(O)C2O)C(O)C1O)NC(=O)CCCC. The summed E-state index contributed by atoms with van der Waals surface area (Å²) in [5.41, 5.74) is 0. The minimum absolute atomic E-state index is 0.244. The molecule has 0 bridgehead atoms. The number of amides is 1. The lowest BCUT2D eigenvalue weighted by Crippen LogP contribution is -2.66. The molecule has 19 nitrogen and oxygen atoms in total. The van der Waals surface area contributed by atoms with Gasteiger partial charge in [-0.25, -0.2) is 0 Å². The van der Waals surface area contributed by atoms with Crippen LogP contribution in [-0.4, -0.2) is 193 Å². The topological polar surface area (TPSA) is 307 Å². The summed E-state index contributed by atoms with van der Waals surface area (Å²) >= 11 is 0. The molecule has 17 atom stereocenters. The number of unbranched alkanes of at least 4 members (excludes halogenated alkanes) is 21. The molecule has 3 aliphatic heterocycles. The molecule has 0 aromatic carbocycles. The van der Waals surface area contributed by atoms with Crippen molar-refractivity contribution in [1.29, 1.82) is 0 Å². The van der Waals surface area contributed by atoms with E-state index in [9.17, 15) is 61.0 Å². The Kier molecular flexibility index (Phi) is 31.5. The molecule has 17 unspecified atom stereocenters. The Morgan fingerprint density at radius 3 is 1.26 bits per heavy atom. The second kappa shape index (κ2) is 35.0. The fraction of sp³-hybridized carbons (Fsp3) is 0.980. The summed E-state index contributed by atoms with van der Waals surface area (Å²) in [6.07, 6.45) is 2.23. The lowest BCUT2D eigenvalue weighted by atomic mass is 9.96. The van der Waals surface area contributed by atoms with Gasteiger partial charge in [0, 0.05) is 6.42 Å². The molecule has 0 radical (unpaired) electrons. The van der Waals surface area contributed by atoms with E-state index in [-0.39, 0.29) is 18.9 Å². The number of hydrogen-bond acceptors (Lipinski definition) is 18. The van der Waals surface area contributed by atoms with Crippen LogP contribution in [0.15, 0.2) is 0 Å². The van der Waals surface area contributed by atoms with Crippen LogP contribution in [-0.2, 0) is 33.2 Å². The predicted octanol–water partition coefficient (Wildman–Crippen LogP) is 2.09. The number of rotatable bonds is 37. The van der Waals surface area contributed by atoms with Crippen molar-refractivity contribution in [2.45, 2.75) is 279 Å². The molecule has 3 aliphatic rings. The van der Waals surface area contributed by atoms with Crippen molar-refractivity contribution in [3.63, 3.8) is 0 Å². The van der Waals surface area contributed by atoms with E-state index in [4.69, 9.17) is 28.4 Å². The third-order valence-corrected chi connectivity index (χ3v) is 13.7. The van der Waals surface area contributed by atoms with Crippen LogP contribution >= 0.6 is 0 Å². The van der Waals surface area contributed by atoms with Crippen molar-refractivity contribution in [3.8, 4) is 0 Å². The number of aliphatic hydroxyl groups excluding tert-OH is 11. The van der Waals surface area contributed by atoms with E-state index in [0.717, 1.165) is 32.1 Å². The van der Waals surface area contributed by atoms with Gasteiger partial charge in [-0.2, -0.15) is 0 Å². The Morgan fingerprint density at radius 2 is 0.838 bits per heavy atom. The molecule has 3 saturated heterocycles. The number of nitrogens with one attached hydrogen (secondary N) is 1. The monoisotopic (exact) mass is 984 g/mol. The van der Waals surface area contributed by atoms with E-state index >= 15 is 0 Å². The van der Waals surface area contributed by atoms with Crippen LogP contribution < -0.4 is 5.32 Å². The van der Waals surface area contributed by atoms with E-state index in [1.165, 1.54) is 109 Å². The Bertz CT molecular complexity index is 1270. The molecule has 19 heteroatoms. The summed E-state index contributed by atoms with van der Waals surface area (Å²) in [5, 5.41) is 119. The summed E-state index contributed by atoms with van der Waals surface area (Å²) < 4.78 is 33.9. The molecule has 0 saturated carbocycles. The van der Waals surface area contributed by atoms with Crippen LogP contribution in [0.4, 0.5) is 0 Å². The average Bonchev–Trinajstić information content (AvgIpc) is 3.33. The van der Waals surface area contributed by atoms with E-state index in [0.29, 0.717) is 12.8 Å². The molecule has 68 heavy (non-hydrogen) atoms. The minimum Gasteiger partial charge on any atom is -0.394 e. The highest BCUT2D eigenvalue weighted by molar-refractivity contribution is 5.76. The van der Waals surface area contributed by atoms with Crippen LogP contribution in [0.2, 0.25) is 0 Å². The largest absolute Gasteiger partial charge is 0.394 e. The van der Waals surface area contributed by atoms with Crippen molar-refractivity contribution in [2.24, 2.45) is 0 Å². The number of ether oxygens (including phenoxy) is 6. The van der Waals surface area contributed by atoms with Crippen molar-refractivity contribution < 1.29 is 89.4 Å². The van der Waals surface area contributed by atoms with Crippen molar-refractivity contribution >= 4 is 5.91 Å². The van der Waals surface area contributed by atoms with Gasteiger partial charge < -0.3 is 89.9 Å². The normalized spacial score (nSPS) is 33.1. The Hall–Kier alpha value is -1.21. The van der Waals surface area contributed by atoms with Crippen LogP contribution in [0, 0.1) is 0 Å². The Labute approximate surface area is 404 Å². The number of aliphatic hydroxyl groups is 11. The van der Waals surface area contributed by atoms with Gasteiger partial charge in [-0.15, -0.1) is 0 Å². The quantitative estimate of drug-likeness (QED) is 0.0397. The first kappa shape index (κ1) is 61.1. The number of carbonyl (C=O) groups excluding carboxylic acids is 1. The highest BCUT2D eigenvalue weighted by Crippen LogP contribution is 2.33. The molecule has 12 N–H and O–H groups in total. The van der Waals surface area contributed by atoms with E-state index in [2.05, 4.69) is 12.2 Å². The molecular formula is C49H93NO18. The second-order valence-corrected chi connectivity index (χ2v) is 19.4. The van der Waals surface area contributed by atoms with Crippen molar-refractivity contribution in [1.82, 2.24) is 5.32 Å². The smallest absolute Gasteiger partial charge is 0.220 e. The lowest BCUT2D eigenvalue weighted by molar-refractivity contribution is -0.379. The zero-order valence-corrected chi connectivity index (χ0v) is 41.1. The molecule has 3 rings (SSSR count). The highest BCUT2D eigenvalue weighted by atomic mass is 16.8. The molecule has 3 fully saturated rings. The molecule has 0 aromatic rings. The van der Waals surface area contributed by atoms with Crippen LogP contribution in [0.1, 0.15) is 174 Å². The standard InChI is InChI=1S/C49H93NO18/c1-3-5-7-8-9-10-11-12-13-14-15-16-17-18-19-20-21-22-23-24-25-26-33(54)32(50-37(55)27-6-4-2)31-63-47-43(61)40(58)45(35(29-52)65-47)68-49-44(62)41(59)46(36(30-53)66-49)67-48-42(60)39(57)38(56)34(28-51)64-48/h32-36,38-49,51-54,56-62H,3-31H2,1-2H3,(H,50,55). The maximum absolute atomic E-state index is 12.8. The average molecular weight is 984 g/mol. The Morgan fingerprint density at radius 1 is 0.471 bits per heavy atom. The molecule has 0 aliphatic carbocycles. The van der Waals surface area contributed by atoms with Gasteiger partial charge in [-0.3, -0.25) is 4.79 Å². The maximum Gasteiger partial charge on any atom is 0.220 e. The minimum atomic E-state index is -1.97. The summed E-state index contributed by atoms with van der Waals surface area (Å²) in [6, 6.07) is -0.875. The van der Waals surface area contributed by atoms with Gasteiger partial charge in [0.25, 0.3) is 0 Å². The molecule has 402 valence electrons. The van der Waals surface area contributed by atoms with Gasteiger partial charge in [0.2, 0.25) is 5.91 Å². The summed E-state index contributed by atoms with van der Waals surface area (Å²) in [5.74, 6) is -0.277. The van der Waals surface area contributed by atoms with Gasteiger partial charge in [0.15, 0.2) is 18.9 Å². The van der Waals surface area contributed by atoms with Crippen LogP contribution in [0.5, 0.6) is 0 Å². The molecule has 0 aromatic heterocycles. The number of hydrogen-bond donors (Lipinski definition) is 12. The molecular weight excluding hydrogens is 891 g/mol. The summed E-state index contributed by atoms with van der Waals surface area (Å²) in [6.45, 7) is 1.52. The highest BCUT2D eigenvalue weighted by Gasteiger charge is 2.53. The van der Waals surface area contributed by atoms with Crippen LogP contribution in [0.25, 0.3) is 0 Å². The first-order chi connectivity index (χ1) is 32.8.